The second-order valence-corrected chi connectivity index (χ2v) is 8.38. The topological polar surface area (TPSA) is 46.2 Å². The molecule has 0 atom stereocenters. The van der Waals surface area contributed by atoms with Gasteiger partial charge in [0.15, 0.2) is 11.6 Å². The van der Waals surface area contributed by atoms with Crippen molar-refractivity contribution in [2.45, 2.75) is 20.3 Å². The van der Waals surface area contributed by atoms with Gasteiger partial charge in [0.1, 0.15) is 0 Å². The number of fused-ring (bicyclic) bond motifs is 2. The molecule has 0 fully saturated rings. The third-order valence-electron chi connectivity index (χ3n) is 6.00. The van der Waals surface area contributed by atoms with E-state index in [0.29, 0.717) is 34.4 Å². The molecular formula is C29H23NO2. The highest BCUT2D eigenvalue weighted by molar-refractivity contribution is 6.30. The Bertz CT molecular complexity index is 1250. The van der Waals surface area contributed by atoms with Crippen molar-refractivity contribution < 1.29 is 9.59 Å². The lowest BCUT2D eigenvalue weighted by atomic mass is 9.80. The van der Waals surface area contributed by atoms with E-state index in [-0.39, 0.29) is 11.6 Å². The van der Waals surface area contributed by atoms with E-state index >= 15 is 0 Å². The number of anilines is 2. The van der Waals surface area contributed by atoms with Crippen molar-refractivity contribution in [3.63, 3.8) is 0 Å². The van der Waals surface area contributed by atoms with Crippen LogP contribution in [0.2, 0.25) is 0 Å². The Morgan fingerprint density at radius 2 is 1.22 bits per heavy atom. The van der Waals surface area contributed by atoms with Gasteiger partial charge in [0, 0.05) is 22.4 Å². The number of hydrogen-bond acceptors (Lipinski definition) is 3. The van der Waals surface area contributed by atoms with Gasteiger partial charge in [0.2, 0.25) is 0 Å². The first-order valence-corrected chi connectivity index (χ1v) is 10.7. The molecule has 156 valence electrons. The van der Waals surface area contributed by atoms with Gasteiger partial charge in [-0.2, -0.15) is 0 Å². The highest BCUT2D eigenvalue weighted by atomic mass is 16.1. The molecule has 0 aliphatic heterocycles. The van der Waals surface area contributed by atoms with Crippen molar-refractivity contribution in [3.8, 4) is 0 Å². The van der Waals surface area contributed by atoms with E-state index in [4.69, 9.17) is 0 Å². The summed E-state index contributed by atoms with van der Waals surface area (Å²) in [4.78, 5) is 27.2. The molecule has 0 bridgehead atoms. The molecule has 4 aromatic carbocycles. The van der Waals surface area contributed by atoms with Crippen molar-refractivity contribution in [1.29, 1.82) is 0 Å². The standard InChI is InChI=1S/C29H23NO2/c1-18-9-13-20(14-10-18)17-21-5-3-6-23-26(21)29(32)27-24(28(23)31)7-4-8-25(27)30-22-15-11-19(2)12-16-22/h3-16,30H,17H2,1-2H3. The third-order valence-corrected chi connectivity index (χ3v) is 6.00. The van der Waals surface area contributed by atoms with Gasteiger partial charge in [-0.1, -0.05) is 77.9 Å². The van der Waals surface area contributed by atoms with E-state index in [1.807, 2.05) is 55.5 Å². The molecule has 0 amide bonds. The smallest absolute Gasteiger partial charge is 0.196 e. The van der Waals surface area contributed by atoms with Gasteiger partial charge in [-0.05, 0) is 49.6 Å². The number of aryl methyl sites for hydroxylation is 2. The summed E-state index contributed by atoms with van der Waals surface area (Å²) in [6.45, 7) is 4.08. The Kier molecular flexibility index (Phi) is 4.95. The minimum atomic E-state index is -0.104. The summed E-state index contributed by atoms with van der Waals surface area (Å²) in [6.07, 6.45) is 0.603. The van der Waals surface area contributed by atoms with Gasteiger partial charge >= 0.3 is 0 Å². The lowest BCUT2D eigenvalue weighted by Gasteiger charge is -2.23. The maximum Gasteiger partial charge on any atom is 0.196 e. The van der Waals surface area contributed by atoms with Crippen LogP contribution in [0.25, 0.3) is 0 Å². The molecule has 0 saturated heterocycles. The zero-order valence-corrected chi connectivity index (χ0v) is 18.1. The number of hydrogen-bond donors (Lipinski definition) is 1. The van der Waals surface area contributed by atoms with Crippen molar-refractivity contribution in [3.05, 3.63) is 129 Å². The summed E-state index contributed by atoms with van der Waals surface area (Å²) < 4.78 is 0. The molecule has 1 N–H and O–H groups in total. The molecule has 4 aromatic rings. The number of benzene rings is 4. The van der Waals surface area contributed by atoms with E-state index in [2.05, 4.69) is 36.5 Å². The molecule has 0 spiro atoms. The Morgan fingerprint density at radius 1 is 0.625 bits per heavy atom. The average molecular weight is 418 g/mol. The van der Waals surface area contributed by atoms with Crippen molar-refractivity contribution in [2.75, 3.05) is 5.32 Å². The summed E-state index contributed by atoms with van der Waals surface area (Å²) in [6, 6.07) is 27.2. The van der Waals surface area contributed by atoms with E-state index in [1.165, 1.54) is 5.56 Å². The van der Waals surface area contributed by atoms with Crippen LogP contribution in [0.4, 0.5) is 11.4 Å². The fourth-order valence-corrected chi connectivity index (χ4v) is 4.28. The zero-order valence-electron chi connectivity index (χ0n) is 18.1. The lowest BCUT2D eigenvalue weighted by molar-refractivity contribution is 0.0979. The first-order chi connectivity index (χ1) is 15.5. The highest BCUT2D eigenvalue weighted by Gasteiger charge is 2.33. The number of carbonyl (C=O) groups is 2. The Labute approximate surface area is 187 Å². The minimum Gasteiger partial charge on any atom is -0.355 e. The molecule has 0 radical (unpaired) electrons. The SMILES string of the molecule is Cc1ccc(Cc2cccc3c2C(=O)c2c(Nc4ccc(C)cc4)cccc2C3=O)cc1. The second kappa shape index (κ2) is 7.93. The van der Waals surface area contributed by atoms with E-state index < -0.39 is 0 Å². The summed E-state index contributed by atoms with van der Waals surface area (Å²) in [5, 5.41) is 3.34. The quantitative estimate of drug-likeness (QED) is 0.367. The van der Waals surface area contributed by atoms with Crippen molar-refractivity contribution in [1.82, 2.24) is 0 Å². The van der Waals surface area contributed by atoms with Gasteiger partial charge < -0.3 is 5.32 Å². The van der Waals surface area contributed by atoms with Crippen LogP contribution in [-0.4, -0.2) is 11.6 Å². The van der Waals surface area contributed by atoms with Crippen LogP contribution < -0.4 is 5.32 Å². The molecular weight excluding hydrogens is 394 g/mol. The van der Waals surface area contributed by atoms with Crippen molar-refractivity contribution in [2.24, 2.45) is 0 Å². The molecule has 0 heterocycles. The normalized spacial score (nSPS) is 12.3. The van der Waals surface area contributed by atoms with Crippen LogP contribution in [0.15, 0.2) is 84.9 Å². The predicted octanol–water partition coefficient (Wildman–Crippen LogP) is 6.41. The van der Waals surface area contributed by atoms with Gasteiger partial charge in [0.05, 0.1) is 11.3 Å². The number of nitrogens with one attached hydrogen (secondary N) is 1. The predicted molar refractivity (Wildman–Crippen MR) is 128 cm³/mol. The summed E-state index contributed by atoms with van der Waals surface area (Å²) in [5.74, 6) is -0.208. The maximum atomic E-state index is 13.8. The Hall–Kier alpha value is -3.98. The van der Waals surface area contributed by atoms with Gasteiger partial charge in [-0.3, -0.25) is 9.59 Å². The average Bonchev–Trinajstić information content (AvgIpc) is 2.80. The highest BCUT2D eigenvalue weighted by Crippen LogP contribution is 2.35. The summed E-state index contributed by atoms with van der Waals surface area (Å²) in [7, 11) is 0. The maximum absolute atomic E-state index is 13.8. The molecule has 1 aliphatic carbocycles. The minimum absolute atomic E-state index is 0.104. The van der Waals surface area contributed by atoms with Crippen LogP contribution in [-0.2, 0) is 6.42 Å². The molecule has 3 nitrogen and oxygen atoms in total. The number of rotatable bonds is 4. The van der Waals surface area contributed by atoms with Crippen molar-refractivity contribution >= 4 is 22.9 Å². The first-order valence-electron chi connectivity index (χ1n) is 10.7. The van der Waals surface area contributed by atoms with Crippen LogP contribution in [0.5, 0.6) is 0 Å². The van der Waals surface area contributed by atoms with Crippen LogP contribution in [0, 0.1) is 13.8 Å². The van der Waals surface area contributed by atoms with E-state index in [1.54, 1.807) is 12.1 Å². The fourth-order valence-electron chi connectivity index (χ4n) is 4.28. The molecule has 5 rings (SSSR count). The lowest BCUT2D eigenvalue weighted by Crippen LogP contribution is -2.23. The molecule has 0 saturated carbocycles. The Balaban J connectivity index is 1.59. The monoisotopic (exact) mass is 417 g/mol. The molecule has 3 heteroatoms. The zero-order chi connectivity index (χ0) is 22.2. The molecule has 32 heavy (non-hydrogen) atoms. The first kappa shape index (κ1) is 20.0. The fraction of sp³-hybridized carbons (Fsp3) is 0.103. The largest absolute Gasteiger partial charge is 0.355 e. The number of ketones is 2. The van der Waals surface area contributed by atoms with E-state index in [0.717, 1.165) is 22.4 Å². The third kappa shape index (κ3) is 3.52. The summed E-state index contributed by atoms with van der Waals surface area (Å²) >= 11 is 0. The number of carbonyl (C=O) groups excluding carboxylic acids is 2. The van der Waals surface area contributed by atoms with Gasteiger partial charge in [-0.25, -0.2) is 0 Å². The molecule has 1 aliphatic rings. The molecule has 0 unspecified atom stereocenters. The van der Waals surface area contributed by atoms with Crippen LogP contribution >= 0.6 is 0 Å². The summed E-state index contributed by atoms with van der Waals surface area (Å²) in [5.41, 5.74) is 7.77. The van der Waals surface area contributed by atoms with E-state index in [9.17, 15) is 9.59 Å². The van der Waals surface area contributed by atoms with Crippen LogP contribution in [0.3, 0.4) is 0 Å². The van der Waals surface area contributed by atoms with Crippen LogP contribution in [0.1, 0.15) is 54.1 Å². The van der Waals surface area contributed by atoms with Gasteiger partial charge in [-0.15, -0.1) is 0 Å². The molecule has 0 aromatic heterocycles. The van der Waals surface area contributed by atoms with Gasteiger partial charge in [0.25, 0.3) is 0 Å². The second-order valence-electron chi connectivity index (χ2n) is 8.38. The Morgan fingerprint density at radius 3 is 1.91 bits per heavy atom.